The van der Waals surface area contributed by atoms with Crippen LogP contribution in [-0.2, 0) is 6.54 Å². The van der Waals surface area contributed by atoms with Gasteiger partial charge in [0.2, 0.25) is 0 Å². The summed E-state index contributed by atoms with van der Waals surface area (Å²) in [5, 5.41) is 3.26. The summed E-state index contributed by atoms with van der Waals surface area (Å²) in [5.41, 5.74) is 1.06. The zero-order chi connectivity index (χ0) is 15.3. The van der Waals surface area contributed by atoms with E-state index in [2.05, 4.69) is 36.0 Å². The molecule has 0 saturated carbocycles. The summed E-state index contributed by atoms with van der Waals surface area (Å²) < 4.78 is 14.7. The Morgan fingerprint density at radius 1 is 1.33 bits per heavy atom. The van der Waals surface area contributed by atoms with Crippen LogP contribution >= 0.6 is 0 Å². The average molecular weight is 293 g/mol. The van der Waals surface area contributed by atoms with Crippen LogP contribution in [0.3, 0.4) is 0 Å². The second-order valence-corrected chi connectivity index (χ2v) is 6.16. The molecule has 1 aliphatic heterocycles. The highest BCUT2D eigenvalue weighted by Crippen LogP contribution is 2.39. The van der Waals surface area contributed by atoms with Gasteiger partial charge >= 0.3 is 0 Å². The molecule has 0 bridgehead atoms. The van der Waals surface area contributed by atoms with Crippen LogP contribution in [0.1, 0.15) is 52.0 Å². The Labute approximate surface area is 127 Å². The molecule has 3 nitrogen and oxygen atoms in total. The van der Waals surface area contributed by atoms with Crippen molar-refractivity contribution >= 4 is 5.82 Å². The van der Waals surface area contributed by atoms with Gasteiger partial charge in [0.25, 0.3) is 0 Å². The van der Waals surface area contributed by atoms with Crippen LogP contribution in [0.25, 0.3) is 0 Å². The third kappa shape index (κ3) is 3.54. The summed E-state index contributed by atoms with van der Waals surface area (Å²) in [7, 11) is 0. The number of anilines is 1. The number of hydrogen-bond donors (Lipinski definition) is 1. The molecule has 1 saturated heterocycles. The summed E-state index contributed by atoms with van der Waals surface area (Å²) in [5.74, 6) is 0.388. The van der Waals surface area contributed by atoms with E-state index < -0.39 is 0 Å². The molecule has 2 heterocycles. The van der Waals surface area contributed by atoms with Gasteiger partial charge in [-0.3, -0.25) is 0 Å². The van der Waals surface area contributed by atoms with E-state index in [0.717, 1.165) is 50.9 Å². The maximum absolute atomic E-state index is 14.7. The van der Waals surface area contributed by atoms with Crippen molar-refractivity contribution in [2.75, 3.05) is 24.5 Å². The number of aromatic nitrogens is 1. The Balaban J connectivity index is 2.12. The summed E-state index contributed by atoms with van der Waals surface area (Å²) in [6, 6.07) is 1.78. The molecule has 0 atom stereocenters. The summed E-state index contributed by atoms with van der Waals surface area (Å²) in [6.07, 6.45) is 6.23. The van der Waals surface area contributed by atoms with Crippen molar-refractivity contribution in [1.82, 2.24) is 10.3 Å². The maximum atomic E-state index is 14.7. The molecule has 0 amide bonds. The van der Waals surface area contributed by atoms with Crippen molar-refractivity contribution in [2.45, 2.75) is 53.0 Å². The van der Waals surface area contributed by atoms with Gasteiger partial charge in [-0.15, -0.1) is 0 Å². The first-order valence-electron chi connectivity index (χ1n) is 8.25. The van der Waals surface area contributed by atoms with E-state index in [-0.39, 0.29) is 5.82 Å². The van der Waals surface area contributed by atoms with Crippen LogP contribution < -0.4 is 10.2 Å². The first kappa shape index (κ1) is 16.2. The highest BCUT2D eigenvalue weighted by Gasteiger charge is 2.36. The number of rotatable bonds is 7. The fraction of sp³-hybridized carbons (Fsp3) is 0.706. The average Bonchev–Trinajstić information content (AvgIpc) is 2.94. The van der Waals surface area contributed by atoms with Crippen molar-refractivity contribution in [1.29, 1.82) is 0 Å². The zero-order valence-electron chi connectivity index (χ0n) is 13.6. The maximum Gasteiger partial charge on any atom is 0.170 e. The lowest BCUT2D eigenvalue weighted by Crippen LogP contribution is -2.28. The number of pyridine rings is 1. The monoisotopic (exact) mass is 293 g/mol. The number of hydrogen-bond acceptors (Lipinski definition) is 3. The summed E-state index contributed by atoms with van der Waals surface area (Å²) in [4.78, 5) is 6.44. The minimum atomic E-state index is -0.149. The Bertz CT molecular complexity index is 457. The minimum absolute atomic E-state index is 0.149. The molecule has 1 fully saturated rings. The van der Waals surface area contributed by atoms with Gasteiger partial charge in [-0.05, 0) is 43.7 Å². The molecular formula is C17H28FN3. The van der Waals surface area contributed by atoms with Crippen LogP contribution in [0.5, 0.6) is 0 Å². The van der Waals surface area contributed by atoms with Gasteiger partial charge in [-0.2, -0.15) is 0 Å². The first-order valence-corrected chi connectivity index (χ1v) is 8.25. The van der Waals surface area contributed by atoms with E-state index in [0.29, 0.717) is 17.8 Å². The Kier molecular flexibility index (Phi) is 5.57. The largest absolute Gasteiger partial charge is 0.354 e. The summed E-state index contributed by atoms with van der Waals surface area (Å²) >= 11 is 0. The predicted octanol–water partition coefficient (Wildman–Crippen LogP) is 3.74. The molecule has 2 rings (SSSR count). The summed E-state index contributed by atoms with van der Waals surface area (Å²) in [6.45, 7) is 9.92. The fourth-order valence-corrected chi connectivity index (χ4v) is 3.17. The molecule has 1 N–H and O–H groups in total. The van der Waals surface area contributed by atoms with Crippen LogP contribution in [0, 0.1) is 11.2 Å². The predicted molar refractivity (Wildman–Crippen MR) is 86.0 cm³/mol. The van der Waals surface area contributed by atoms with E-state index in [1.165, 1.54) is 0 Å². The van der Waals surface area contributed by atoms with Crippen LogP contribution in [0.15, 0.2) is 12.3 Å². The van der Waals surface area contributed by atoms with E-state index in [4.69, 9.17) is 0 Å². The highest BCUT2D eigenvalue weighted by molar-refractivity contribution is 5.44. The van der Waals surface area contributed by atoms with Crippen LogP contribution in [0.4, 0.5) is 10.2 Å². The van der Waals surface area contributed by atoms with Crippen molar-refractivity contribution in [3.63, 3.8) is 0 Å². The molecule has 118 valence electrons. The standard InChI is InChI=1S/C17H28FN3/c1-4-9-19-12-14-7-10-20-16(15(14)18)21-11-8-17(5-2,6-3)13-21/h7,10,19H,4-6,8-9,11-13H2,1-3H3. The van der Waals surface area contributed by atoms with Crippen molar-refractivity contribution in [3.8, 4) is 0 Å². The smallest absolute Gasteiger partial charge is 0.170 e. The molecule has 0 radical (unpaired) electrons. The third-order valence-corrected chi connectivity index (χ3v) is 4.93. The molecule has 0 spiro atoms. The molecule has 1 aromatic heterocycles. The Morgan fingerprint density at radius 2 is 2.10 bits per heavy atom. The number of nitrogens with zero attached hydrogens (tertiary/aromatic N) is 2. The molecule has 1 aromatic rings. The van der Waals surface area contributed by atoms with E-state index in [9.17, 15) is 4.39 Å². The number of halogens is 1. The topological polar surface area (TPSA) is 28.2 Å². The van der Waals surface area contributed by atoms with E-state index in [1.54, 1.807) is 12.3 Å². The lowest BCUT2D eigenvalue weighted by Gasteiger charge is -2.27. The van der Waals surface area contributed by atoms with Crippen molar-refractivity contribution < 1.29 is 4.39 Å². The number of nitrogens with one attached hydrogen (secondary N) is 1. The fourth-order valence-electron chi connectivity index (χ4n) is 3.17. The normalized spacial score (nSPS) is 17.4. The van der Waals surface area contributed by atoms with Crippen LogP contribution in [-0.4, -0.2) is 24.6 Å². The molecule has 0 aromatic carbocycles. The van der Waals surface area contributed by atoms with E-state index >= 15 is 0 Å². The van der Waals surface area contributed by atoms with Crippen molar-refractivity contribution in [2.24, 2.45) is 5.41 Å². The molecule has 0 unspecified atom stereocenters. The Hall–Kier alpha value is -1.16. The highest BCUT2D eigenvalue weighted by atomic mass is 19.1. The van der Waals surface area contributed by atoms with Gasteiger partial charge in [-0.1, -0.05) is 20.8 Å². The molecule has 4 heteroatoms. The third-order valence-electron chi connectivity index (χ3n) is 4.93. The Morgan fingerprint density at radius 3 is 2.71 bits per heavy atom. The molecule has 1 aliphatic rings. The molecular weight excluding hydrogens is 265 g/mol. The van der Waals surface area contributed by atoms with Gasteiger partial charge in [0.15, 0.2) is 11.6 Å². The second kappa shape index (κ2) is 7.21. The van der Waals surface area contributed by atoms with Crippen LogP contribution in [0.2, 0.25) is 0 Å². The molecule has 21 heavy (non-hydrogen) atoms. The lowest BCUT2D eigenvalue weighted by molar-refractivity contribution is 0.301. The zero-order valence-corrected chi connectivity index (χ0v) is 13.6. The van der Waals surface area contributed by atoms with Gasteiger partial charge in [-0.25, -0.2) is 9.37 Å². The molecule has 0 aliphatic carbocycles. The van der Waals surface area contributed by atoms with Gasteiger partial charge in [0, 0.05) is 31.4 Å². The van der Waals surface area contributed by atoms with Crippen molar-refractivity contribution in [3.05, 3.63) is 23.6 Å². The van der Waals surface area contributed by atoms with Gasteiger partial charge < -0.3 is 10.2 Å². The van der Waals surface area contributed by atoms with Gasteiger partial charge in [0.05, 0.1) is 0 Å². The second-order valence-electron chi connectivity index (χ2n) is 6.16. The van der Waals surface area contributed by atoms with E-state index in [1.807, 2.05) is 0 Å². The SMILES string of the molecule is CCCNCc1ccnc(N2CCC(CC)(CC)C2)c1F. The quantitative estimate of drug-likeness (QED) is 0.776. The lowest BCUT2D eigenvalue weighted by atomic mass is 9.82. The minimum Gasteiger partial charge on any atom is -0.354 e. The van der Waals surface area contributed by atoms with Gasteiger partial charge in [0.1, 0.15) is 0 Å². The first-order chi connectivity index (χ1) is 10.2.